The van der Waals surface area contributed by atoms with Gasteiger partial charge in [-0.25, -0.2) is 4.68 Å². The van der Waals surface area contributed by atoms with E-state index in [1.54, 1.807) is 17.9 Å². The summed E-state index contributed by atoms with van der Waals surface area (Å²) in [6.07, 6.45) is 0. The summed E-state index contributed by atoms with van der Waals surface area (Å²) in [6, 6.07) is 17.3. The first-order valence-corrected chi connectivity index (χ1v) is 6.68. The maximum atomic E-state index is 9.77. The second kappa shape index (κ2) is 5.32. The molecule has 3 rings (SSSR count). The zero-order chi connectivity index (χ0) is 14.8. The fraction of sp³-hybridized carbons (Fsp3) is 0.118. The first-order valence-electron chi connectivity index (χ1n) is 6.68. The van der Waals surface area contributed by atoms with Gasteiger partial charge in [0.1, 0.15) is 5.75 Å². The molecule has 1 aromatic heterocycles. The maximum absolute atomic E-state index is 9.77. The highest BCUT2D eigenvalue weighted by molar-refractivity contribution is 5.64. The zero-order valence-corrected chi connectivity index (χ0v) is 11.9. The molecule has 0 fully saturated rings. The van der Waals surface area contributed by atoms with Crippen LogP contribution in [-0.2, 0) is 0 Å². The van der Waals surface area contributed by atoms with Crippen molar-refractivity contribution >= 4 is 0 Å². The van der Waals surface area contributed by atoms with Crippen molar-refractivity contribution in [1.29, 1.82) is 0 Å². The van der Waals surface area contributed by atoms with Gasteiger partial charge in [-0.3, -0.25) is 0 Å². The minimum Gasteiger partial charge on any atom is -0.497 e. The van der Waals surface area contributed by atoms with E-state index in [4.69, 9.17) is 4.74 Å². The summed E-state index contributed by atoms with van der Waals surface area (Å²) in [7, 11) is 1.63. The molecular weight excluding hydrogens is 264 g/mol. The lowest BCUT2D eigenvalue weighted by molar-refractivity contribution is 0.414. The molecule has 4 nitrogen and oxygen atoms in total. The number of aryl methyl sites for hydroxylation is 1. The van der Waals surface area contributed by atoms with Gasteiger partial charge in [0.05, 0.1) is 18.5 Å². The van der Waals surface area contributed by atoms with Gasteiger partial charge < -0.3 is 9.84 Å². The molecule has 1 heterocycles. The van der Waals surface area contributed by atoms with Gasteiger partial charge in [0, 0.05) is 11.6 Å². The van der Waals surface area contributed by atoms with E-state index in [1.165, 1.54) is 0 Å². The van der Waals surface area contributed by atoms with E-state index < -0.39 is 0 Å². The molecule has 0 aliphatic carbocycles. The Morgan fingerprint density at radius 2 is 1.81 bits per heavy atom. The Kier molecular flexibility index (Phi) is 3.36. The molecule has 0 aliphatic rings. The average molecular weight is 280 g/mol. The van der Waals surface area contributed by atoms with Gasteiger partial charge in [-0.05, 0) is 37.3 Å². The Balaban J connectivity index is 2.10. The van der Waals surface area contributed by atoms with Crippen LogP contribution in [0.1, 0.15) is 5.56 Å². The van der Waals surface area contributed by atoms with Crippen LogP contribution in [0.2, 0.25) is 0 Å². The molecule has 0 amide bonds. The SMILES string of the molecule is COc1ccc(-n2nc(O)cc2-c2cccc(C)c2)cc1. The summed E-state index contributed by atoms with van der Waals surface area (Å²) in [5, 5.41) is 13.9. The molecule has 0 radical (unpaired) electrons. The van der Waals surface area contributed by atoms with Gasteiger partial charge in [-0.15, -0.1) is 5.10 Å². The van der Waals surface area contributed by atoms with E-state index in [0.29, 0.717) is 0 Å². The standard InChI is InChI=1S/C17H16N2O2/c1-12-4-3-5-13(10-12)16-11-17(20)18-19(16)14-6-8-15(21-2)9-7-14/h3-11H,1-2H3,(H,18,20). The number of benzene rings is 2. The normalized spacial score (nSPS) is 10.6. The molecule has 0 aliphatic heterocycles. The van der Waals surface area contributed by atoms with Gasteiger partial charge in [-0.2, -0.15) is 0 Å². The first kappa shape index (κ1) is 13.2. The van der Waals surface area contributed by atoms with E-state index in [-0.39, 0.29) is 5.88 Å². The van der Waals surface area contributed by atoms with Crippen molar-refractivity contribution in [3.8, 4) is 28.6 Å². The van der Waals surface area contributed by atoms with Crippen molar-refractivity contribution < 1.29 is 9.84 Å². The number of aromatic nitrogens is 2. The molecule has 106 valence electrons. The third-order valence-corrected chi connectivity index (χ3v) is 3.33. The molecule has 4 heteroatoms. The maximum Gasteiger partial charge on any atom is 0.231 e. The lowest BCUT2D eigenvalue weighted by atomic mass is 10.1. The predicted molar refractivity (Wildman–Crippen MR) is 82.0 cm³/mol. The van der Waals surface area contributed by atoms with E-state index in [0.717, 1.165) is 28.3 Å². The molecule has 0 saturated carbocycles. The van der Waals surface area contributed by atoms with Crippen LogP contribution in [0.25, 0.3) is 16.9 Å². The van der Waals surface area contributed by atoms with Gasteiger partial charge in [-0.1, -0.05) is 23.8 Å². The van der Waals surface area contributed by atoms with Crippen molar-refractivity contribution in [2.24, 2.45) is 0 Å². The first-order chi connectivity index (χ1) is 10.2. The second-order valence-electron chi connectivity index (χ2n) is 4.87. The fourth-order valence-electron chi connectivity index (χ4n) is 2.30. The van der Waals surface area contributed by atoms with Crippen molar-refractivity contribution in [3.63, 3.8) is 0 Å². The number of methoxy groups -OCH3 is 1. The zero-order valence-electron chi connectivity index (χ0n) is 11.9. The van der Waals surface area contributed by atoms with Gasteiger partial charge in [0.2, 0.25) is 5.88 Å². The highest BCUT2D eigenvalue weighted by Gasteiger charge is 2.11. The molecule has 0 saturated heterocycles. The van der Waals surface area contributed by atoms with Crippen molar-refractivity contribution in [3.05, 3.63) is 60.2 Å². The summed E-state index contributed by atoms with van der Waals surface area (Å²) >= 11 is 0. The fourth-order valence-corrected chi connectivity index (χ4v) is 2.30. The Hall–Kier alpha value is -2.75. The molecule has 3 aromatic rings. The number of rotatable bonds is 3. The number of hydrogen-bond acceptors (Lipinski definition) is 3. The van der Waals surface area contributed by atoms with Crippen LogP contribution in [-0.4, -0.2) is 22.0 Å². The molecule has 0 bridgehead atoms. The minimum absolute atomic E-state index is 0.00215. The molecule has 21 heavy (non-hydrogen) atoms. The van der Waals surface area contributed by atoms with Gasteiger partial charge in [0.25, 0.3) is 0 Å². The molecule has 1 N–H and O–H groups in total. The quantitative estimate of drug-likeness (QED) is 0.798. The predicted octanol–water partition coefficient (Wildman–Crippen LogP) is 3.56. The topological polar surface area (TPSA) is 47.3 Å². The number of aromatic hydroxyl groups is 1. The Labute approximate surface area is 123 Å². The van der Waals surface area contributed by atoms with Crippen molar-refractivity contribution in [1.82, 2.24) is 9.78 Å². The average Bonchev–Trinajstić information content (AvgIpc) is 2.89. The second-order valence-corrected chi connectivity index (χ2v) is 4.87. The number of ether oxygens (including phenoxy) is 1. The lowest BCUT2D eigenvalue weighted by Gasteiger charge is -2.08. The largest absolute Gasteiger partial charge is 0.497 e. The van der Waals surface area contributed by atoms with Crippen molar-refractivity contribution in [2.45, 2.75) is 6.92 Å². The van der Waals surface area contributed by atoms with Crippen LogP contribution in [0.4, 0.5) is 0 Å². The summed E-state index contributed by atoms with van der Waals surface area (Å²) in [5.41, 5.74) is 3.89. The lowest BCUT2D eigenvalue weighted by Crippen LogP contribution is -1.99. The highest BCUT2D eigenvalue weighted by Crippen LogP contribution is 2.27. The highest BCUT2D eigenvalue weighted by atomic mass is 16.5. The molecule has 0 spiro atoms. The summed E-state index contributed by atoms with van der Waals surface area (Å²) in [4.78, 5) is 0. The minimum atomic E-state index is 0.00215. The van der Waals surface area contributed by atoms with E-state index in [2.05, 4.69) is 11.2 Å². The van der Waals surface area contributed by atoms with E-state index in [9.17, 15) is 5.11 Å². The number of nitrogens with zero attached hydrogens (tertiary/aromatic N) is 2. The van der Waals surface area contributed by atoms with Crippen LogP contribution in [0, 0.1) is 6.92 Å². The van der Waals surface area contributed by atoms with Crippen LogP contribution in [0.3, 0.4) is 0 Å². The molecular formula is C17H16N2O2. The molecule has 0 unspecified atom stereocenters. The molecule has 0 atom stereocenters. The summed E-state index contributed by atoms with van der Waals surface area (Å²) in [6.45, 7) is 2.04. The smallest absolute Gasteiger partial charge is 0.231 e. The van der Waals surface area contributed by atoms with Crippen LogP contribution >= 0.6 is 0 Å². The Bertz CT molecular complexity index is 761. The van der Waals surface area contributed by atoms with Crippen molar-refractivity contribution in [2.75, 3.05) is 7.11 Å². The van der Waals surface area contributed by atoms with E-state index in [1.807, 2.05) is 49.4 Å². The van der Waals surface area contributed by atoms with E-state index >= 15 is 0 Å². The molecule has 2 aromatic carbocycles. The third-order valence-electron chi connectivity index (χ3n) is 3.33. The number of hydrogen-bond donors (Lipinski definition) is 1. The van der Waals surface area contributed by atoms with Crippen LogP contribution < -0.4 is 4.74 Å². The van der Waals surface area contributed by atoms with Crippen LogP contribution in [0.15, 0.2) is 54.6 Å². The van der Waals surface area contributed by atoms with Crippen LogP contribution in [0.5, 0.6) is 11.6 Å². The summed E-state index contributed by atoms with van der Waals surface area (Å²) < 4.78 is 6.89. The van der Waals surface area contributed by atoms with Gasteiger partial charge in [0.15, 0.2) is 0 Å². The monoisotopic (exact) mass is 280 g/mol. The summed E-state index contributed by atoms with van der Waals surface area (Å²) in [5.74, 6) is 0.787. The Morgan fingerprint density at radius 3 is 2.48 bits per heavy atom. The Morgan fingerprint density at radius 1 is 1.05 bits per heavy atom. The third kappa shape index (κ3) is 2.60. The van der Waals surface area contributed by atoms with Gasteiger partial charge >= 0.3 is 0 Å².